The molecule has 0 aliphatic carbocycles. The van der Waals surface area contributed by atoms with Gasteiger partial charge in [-0.25, -0.2) is 0 Å². The van der Waals surface area contributed by atoms with Gasteiger partial charge in [-0.1, -0.05) is 33.8 Å². The number of aromatic hydroxyl groups is 1. The highest BCUT2D eigenvalue weighted by Gasteiger charge is 2.42. The molecule has 1 aliphatic heterocycles. The van der Waals surface area contributed by atoms with Crippen LogP contribution < -0.4 is 10.6 Å². The number of nitrogens with zero attached hydrogens (tertiary/aromatic N) is 2. The van der Waals surface area contributed by atoms with E-state index in [-0.39, 0.29) is 52.4 Å². The van der Waals surface area contributed by atoms with Gasteiger partial charge in [-0.15, -0.1) is 0 Å². The molecular formula is C29H39N4O9P. The Morgan fingerprint density at radius 2 is 1.70 bits per heavy atom. The first-order chi connectivity index (χ1) is 20.1. The number of imide groups is 1. The van der Waals surface area contributed by atoms with Crippen LogP contribution >= 0.6 is 7.37 Å². The second-order valence-electron chi connectivity index (χ2n) is 11.5. The van der Waals surface area contributed by atoms with Crippen LogP contribution in [-0.2, 0) is 18.7 Å². The molecule has 4 amide bonds. The molecule has 0 aromatic heterocycles. The molecule has 43 heavy (non-hydrogen) atoms. The quantitative estimate of drug-likeness (QED) is 0.120. The third-order valence-corrected chi connectivity index (χ3v) is 9.62. The maximum absolute atomic E-state index is 14.3. The van der Waals surface area contributed by atoms with Crippen molar-refractivity contribution in [1.29, 1.82) is 0 Å². The summed E-state index contributed by atoms with van der Waals surface area (Å²) >= 11 is 0. The summed E-state index contributed by atoms with van der Waals surface area (Å²) in [6.07, 6.45) is -0.270. The van der Waals surface area contributed by atoms with Crippen LogP contribution in [0.5, 0.6) is 5.75 Å². The van der Waals surface area contributed by atoms with E-state index in [9.17, 15) is 39.0 Å². The molecule has 3 N–H and O–H groups in total. The molecule has 0 bridgehead atoms. The van der Waals surface area contributed by atoms with Gasteiger partial charge in [0.15, 0.2) is 5.75 Å². The Labute approximate surface area is 249 Å². The van der Waals surface area contributed by atoms with Crippen molar-refractivity contribution in [3.63, 3.8) is 0 Å². The van der Waals surface area contributed by atoms with Crippen molar-refractivity contribution in [1.82, 2.24) is 15.5 Å². The predicted molar refractivity (Wildman–Crippen MR) is 160 cm³/mol. The molecule has 0 saturated carbocycles. The van der Waals surface area contributed by atoms with Crippen molar-refractivity contribution in [2.45, 2.75) is 53.5 Å². The van der Waals surface area contributed by atoms with Crippen LogP contribution in [0, 0.1) is 27.9 Å². The van der Waals surface area contributed by atoms with Gasteiger partial charge in [0, 0.05) is 36.1 Å². The zero-order chi connectivity index (χ0) is 32.2. The fraction of sp³-hybridized carbons (Fsp3) is 0.517. The van der Waals surface area contributed by atoms with Gasteiger partial charge in [0.25, 0.3) is 11.8 Å². The number of nitro groups is 1. The number of amides is 4. The lowest BCUT2D eigenvalue weighted by molar-refractivity contribution is -0.384. The molecule has 1 heterocycles. The smallest absolute Gasteiger partial charge is 0.318 e. The molecule has 3 rings (SSSR count). The molecule has 14 heteroatoms. The third kappa shape index (κ3) is 7.40. The van der Waals surface area contributed by atoms with Crippen LogP contribution in [0.1, 0.15) is 68.2 Å². The standard InChI is InChI=1S/C29H39N4O9P/c1-7-42-43(41,14-18(11-16(2)3)26(35)31-22(12-17(4)5)27(36)30-6)15-32-28(37)20-10-8-9-19-24(20)21(29(32)38)13-23(34)25(19)33(39)40/h8-10,13,16-18,22,34H,7,11-12,14-15H2,1-6H3,(H,30,36)(H,31,35)/t18?,22-,43?/m0/s1. The summed E-state index contributed by atoms with van der Waals surface area (Å²) in [6, 6.07) is 4.24. The molecule has 13 nitrogen and oxygen atoms in total. The zero-order valence-corrected chi connectivity index (χ0v) is 26.1. The number of rotatable bonds is 14. The molecule has 1 aliphatic rings. The molecule has 2 aromatic rings. The van der Waals surface area contributed by atoms with Gasteiger partial charge < -0.3 is 20.3 Å². The van der Waals surface area contributed by atoms with Gasteiger partial charge in [0.2, 0.25) is 19.2 Å². The molecule has 3 atom stereocenters. The largest absolute Gasteiger partial charge is 0.502 e. The van der Waals surface area contributed by atoms with E-state index in [0.717, 1.165) is 11.0 Å². The number of nitrogens with one attached hydrogen (secondary N) is 2. The maximum atomic E-state index is 14.3. The third-order valence-electron chi connectivity index (χ3n) is 7.18. The van der Waals surface area contributed by atoms with E-state index in [1.165, 1.54) is 25.2 Å². The normalized spacial score (nSPS) is 15.9. The van der Waals surface area contributed by atoms with Crippen LogP contribution in [0.3, 0.4) is 0 Å². The van der Waals surface area contributed by atoms with Gasteiger partial charge in [0.05, 0.1) is 22.5 Å². The average molecular weight is 619 g/mol. The molecule has 0 radical (unpaired) electrons. The minimum absolute atomic E-state index is 0.00382. The summed E-state index contributed by atoms with van der Waals surface area (Å²) < 4.78 is 20.0. The fourth-order valence-electron chi connectivity index (χ4n) is 5.44. The van der Waals surface area contributed by atoms with E-state index in [1.807, 2.05) is 27.7 Å². The Hall–Kier alpha value is -3.83. The van der Waals surface area contributed by atoms with E-state index in [1.54, 1.807) is 6.92 Å². The second-order valence-corrected chi connectivity index (χ2v) is 14.0. The summed E-state index contributed by atoms with van der Waals surface area (Å²) in [5.41, 5.74) is -0.823. The molecular weight excluding hydrogens is 579 g/mol. The maximum Gasteiger partial charge on any atom is 0.318 e. The number of hydrogen-bond donors (Lipinski definition) is 3. The van der Waals surface area contributed by atoms with E-state index >= 15 is 0 Å². The molecule has 0 spiro atoms. The van der Waals surface area contributed by atoms with Gasteiger partial charge in [-0.3, -0.25) is 38.8 Å². The van der Waals surface area contributed by atoms with Gasteiger partial charge in [-0.05, 0) is 43.7 Å². The second kappa shape index (κ2) is 13.6. The van der Waals surface area contributed by atoms with Gasteiger partial charge in [0.1, 0.15) is 12.3 Å². The van der Waals surface area contributed by atoms with Crippen molar-refractivity contribution < 1.29 is 38.3 Å². The van der Waals surface area contributed by atoms with Crippen LogP contribution in [0.25, 0.3) is 10.8 Å². The van der Waals surface area contributed by atoms with Crippen molar-refractivity contribution in [3.8, 4) is 5.75 Å². The van der Waals surface area contributed by atoms with Crippen molar-refractivity contribution in [3.05, 3.63) is 45.5 Å². The van der Waals surface area contributed by atoms with E-state index < -0.39 is 59.7 Å². The molecule has 2 unspecified atom stereocenters. The Bertz CT molecular complexity index is 1490. The summed E-state index contributed by atoms with van der Waals surface area (Å²) in [6.45, 7) is 9.17. The SMILES string of the molecule is CCOP(=O)(CC(CC(C)C)C(=O)N[C@@H](CC(C)C)C(=O)NC)CN1C(=O)c2cccc3c([N+](=O)[O-])c(O)cc(c23)C1=O. The van der Waals surface area contributed by atoms with Crippen LogP contribution in [0.2, 0.25) is 0 Å². The summed E-state index contributed by atoms with van der Waals surface area (Å²) in [5, 5.41) is 27.3. The highest BCUT2D eigenvalue weighted by Crippen LogP contribution is 2.51. The first kappa shape index (κ1) is 33.7. The van der Waals surface area contributed by atoms with E-state index in [4.69, 9.17) is 4.52 Å². The highest BCUT2D eigenvalue weighted by molar-refractivity contribution is 7.59. The number of benzene rings is 2. The Kier molecular flexibility index (Phi) is 10.7. The molecule has 0 saturated heterocycles. The number of carbonyl (C=O) groups is 4. The number of likely N-dealkylation sites (N-methyl/N-ethyl adjacent to an activating group) is 1. The van der Waals surface area contributed by atoms with E-state index in [0.29, 0.717) is 12.8 Å². The lowest BCUT2D eigenvalue weighted by atomic mass is 9.93. The lowest BCUT2D eigenvalue weighted by Gasteiger charge is -2.32. The van der Waals surface area contributed by atoms with Crippen LogP contribution in [-0.4, -0.2) is 70.7 Å². The lowest BCUT2D eigenvalue weighted by Crippen LogP contribution is -2.49. The Morgan fingerprint density at radius 1 is 1.07 bits per heavy atom. The number of carbonyl (C=O) groups excluding carboxylic acids is 4. The van der Waals surface area contributed by atoms with Crippen molar-refractivity contribution >= 4 is 47.5 Å². The fourth-order valence-corrected chi connectivity index (χ4v) is 7.89. The number of hydrogen-bond acceptors (Lipinski definition) is 9. The van der Waals surface area contributed by atoms with Crippen LogP contribution in [0.4, 0.5) is 5.69 Å². The predicted octanol–water partition coefficient (Wildman–Crippen LogP) is 4.26. The zero-order valence-electron chi connectivity index (χ0n) is 25.2. The van der Waals surface area contributed by atoms with Crippen molar-refractivity contribution in [2.24, 2.45) is 17.8 Å². The monoisotopic (exact) mass is 618 g/mol. The number of phenolic OH excluding ortho intramolecular Hbond substituents is 1. The van der Waals surface area contributed by atoms with Gasteiger partial charge in [-0.2, -0.15) is 0 Å². The molecule has 234 valence electrons. The first-order valence-corrected chi connectivity index (χ1v) is 16.2. The Balaban J connectivity index is 1.98. The van der Waals surface area contributed by atoms with Gasteiger partial charge >= 0.3 is 5.69 Å². The average Bonchev–Trinajstić information content (AvgIpc) is 2.91. The highest BCUT2D eigenvalue weighted by atomic mass is 31.2. The minimum Gasteiger partial charge on any atom is -0.502 e. The summed E-state index contributed by atoms with van der Waals surface area (Å²) in [5.74, 6) is -4.11. The number of nitro benzene ring substituents is 1. The molecule has 2 aromatic carbocycles. The molecule has 0 fully saturated rings. The Morgan fingerprint density at radius 3 is 2.26 bits per heavy atom. The summed E-state index contributed by atoms with van der Waals surface area (Å²) in [4.78, 5) is 64.7. The first-order valence-electron chi connectivity index (χ1n) is 14.2. The van der Waals surface area contributed by atoms with Crippen LogP contribution in [0.15, 0.2) is 24.3 Å². The topological polar surface area (TPSA) is 185 Å². The minimum atomic E-state index is -3.90. The summed E-state index contributed by atoms with van der Waals surface area (Å²) in [7, 11) is -2.43. The van der Waals surface area contributed by atoms with Crippen molar-refractivity contribution in [2.75, 3.05) is 26.1 Å². The van der Waals surface area contributed by atoms with E-state index in [2.05, 4.69) is 10.6 Å². The number of phenols is 1.